The third-order valence-corrected chi connectivity index (χ3v) is 18.8. The van der Waals surface area contributed by atoms with E-state index in [0.29, 0.717) is 120 Å². The molecule has 500 valence electrons. The Hall–Kier alpha value is -8.38. The monoisotopic (exact) mass is 1300 g/mol. The highest BCUT2D eigenvalue weighted by Crippen LogP contribution is 2.48. The maximum atomic E-state index is 14.2. The molecule has 0 radical (unpaired) electrons. The lowest BCUT2D eigenvalue weighted by molar-refractivity contribution is -0.143. The molecule has 3 aliphatic heterocycles. The van der Waals surface area contributed by atoms with Crippen LogP contribution in [0.4, 0.5) is 46.9 Å². The number of likely N-dealkylation sites (N-methyl/N-ethyl adjacent to an activating group) is 2. The summed E-state index contributed by atoms with van der Waals surface area (Å²) in [5.74, 6) is -1.99. The number of likely N-dealkylation sites (tertiary alicyclic amines) is 2. The van der Waals surface area contributed by atoms with Crippen molar-refractivity contribution in [2.45, 2.75) is 86.9 Å². The molecule has 3 fully saturated rings. The molecular formula is C71H79F7N8O8. The Kier molecular flexibility index (Phi) is 21.8. The van der Waals surface area contributed by atoms with Crippen LogP contribution < -0.4 is 10.6 Å². The molecule has 6 aromatic carbocycles. The van der Waals surface area contributed by atoms with Crippen LogP contribution in [0.25, 0.3) is 11.1 Å². The maximum Gasteiger partial charge on any atom is 0.416 e. The zero-order valence-electron chi connectivity index (χ0n) is 53.0. The van der Waals surface area contributed by atoms with Crippen LogP contribution >= 0.6 is 0 Å². The lowest BCUT2D eigenvalue weighted by atomic mass is 9.72. The minimum absolute atomic E-state index is 0.00197. The number of rotatable bonds is 23. The van der Waals surface area contributed by atoms with Gasteiger partial charge in [-0.05, 0) is 141 Å². The molecule has 1 spiro atoms. The molecule has 16 nitrogen and oxygen atoms in total. The number of fused-ring (bicyclic) bond motifs is 2. The average Bonchev–Trinajstić information content (AvgIpc) is 1.61. The van der Waals surface area contributed by atoms with Crippen LogP contribution in [0.1, 0.15) is 93.5 Å². The molecule has 1 aliphatic carbocycles. The van der Waals surface area contributed by atoms with Gasteiger partial charge < -0.3 is 48.9 Å². The number of para-hydroxylation sites is 1. The molecule has 4 aliphatic rings. The highest BCUT2D eigenvalue weighted by Gasteiger charge is 2.50. The third kappa shape index (κ3) is 16.7. The largest absolute Gasteiger partial charge is 0.446 e. The number of piperidine rings is 2. The fourth-order valence-corrected chi connectivity index (χ4v) is 13.2. The molecule has 23 heteroatoms. The highest BCUT2D eigenvalue weighted by atomic mass is 19.4. The predicted molar refractivity (Wildman–Crippen MR) is 341 cm³/mol. The van der Waals surface area contributed by atoms with Crippen molar-refractivity contribution in [2.75, 3.05) is 117 Å². The number of anilines is 2. The highest BCUT2D eigenvalue weighted by molar-refractivity contribution is 5.95. The van der Waals surface area contributed by atoms with Gasteiger partial charge in [0.05, 0.1) is 29.5 Å². The number of hydrogen-bond acceptors (Lipinski definition) is 11. The molecule has 6 aromatic rings. The van der Waals surface area contributed by atoms with Crippen molar-refractivity contribution in [3.05, 3.63) is 190 Å². The summed E-state index contributed by atoms with van der Waals surface area (Å²) in [6, 6.07) is 38.9. The topological polar surface area (TPSA) is 157 Å². The first kappa shape index (κ1) is 68.5. The molecule has 3 saturated heterocycles. The van der Waals surface area contributed by atoms with E-state index in [2.05, 4.69) is 32.6 Å². The van der Waals surface area contributed by atoms with E-state index in [1.165, 1.54) is 24.3 Å². The Balaban J connectivity index is 0.628. The second kappa shape index (κ2) is 29.9. The normalized spacial score (nSPS) is 18.4. The van der Waals surface area contributed by atoms with Gasteiger partial charge in [0.25, 0.3) is 11.8 Å². The standard InChI is InChI=1S/C71H79F7N8O8/c1-81(33-11-34-83(3)65(89)50-18-24-57(25-19-50)79-32-26-63(87)82(2)40-41-84-35-27-58(28-36-84)94-67(91)80-61-17-10-8-15-59(61)49-12-5-4-6-13-49)64(88)46-92-62-44-51-14-7-9-16-60(51)68(62)29-37-85(38-30-68)39-31-69(53-20-22-56(72)23-21-53)47-86(48-93-69)66(90)52-42-54(70(73,74)75)45-55(43-52)71(76,77)78/h4-10,12-25,42-43,45,58,62,79H,11,26-41,44,46-48H2,1-3H3,(H,80,91)/t62-,69-/m0/s1. The number of benzene rings is 6. The quantitative estimate of drug-likeness (QED) is 0.0589. The van der Waals surface area contributed by atoms with Crippen LogP contribution in [0, 0.1) is 5.82 Å². The van der Waals surface area contributed by atoms with Gasteiger partial charge in [0.2, 0.25) is 11.8 Å². The minimum atomic E-state index is -5.15. The van der Waals surface area contributed by atoms with Gasteiger partial charge >= 0.3 is 18.4 Å². The van der Waals surface area contributed by atoms with Gasteiger partial charge in [0.1, 0.15) is 30.9 Å². The fraction of sp³-hybridized carbons (Fsp3) is 0.423. The average molecular weight is 1310 g/mol. The van der Waals surface area contributed by atoms with Gasteiger partial charge in [-0.3, -0.25) is 24.5 Å². The Morgan fingerprint density at radius 1 is 0.670 bits per heavy atom. The number of amides is 5. The summed E-state index contributed by atoms with van der Waals surface area (Å²) in [5, 5.41) is 6.20. The number of carbonyl (C=O) groups excluding carboxylic acids is 5. The van der Waals surface area contributed by atoms with Gasteiger partial charge in [-0.2, -0.15) is 26.3 Å². The predicted octanol–water partition coefficient (Wildman–Crippen LogP) is 11.8. The van der Waals surface area contributed by atoms with Crippen molar-refractivity contribution in [3.63, 3.8) is 0 Å². The SMILES string of the molecule is CN(CCN1CCC(OC(=O)Nc2ccccc2-c2ccccc2)CC1)C(=O)CCNc1ccc(C(=O)N(C)CCCN(C)C(=O)CO[C@H]2Cc3ccccc3C23CCN(CC[C@@]2(c4ccc(F)cc4)CN(C(=O)c4cc(C(F)(F)F)cc(C(F)(F)F)c4)CO2)CC3)cc1. The Morgan fingerprint density at radius 2 is 1.30 bits per heavy atom. The molecule has 0 aromatic heterocycles. The van der Waals surface area contributed by atoms with Gasteiger partial charge in [0.15, 0.2) is 0 Å². The lowest BCUT2D eigenvalue weighted by Crippen LogP contribution is -2.50. The van der Waals surface area contributed by atoms with Crippen molar-refractivity contribution in [3.8, 4) is 11.1 Å². The molecule has 2 atom stereocenters. The van der Waals surface area contributed by atoms with Crippen LogP contribution in [-0.2, 0) is 53.6 Å². The Bertz CT molecular complexity index is 3570. The first-order valence-electron chi connectivity index (χ1n) is 31.8. The van der Waals surface area contributed by atoms with Gasteiger partial charge in [-0.15, -0.1) is 0 Å². The van der Waals surface area contributed by atoms with Crippen LogP contribution in [0.15, 0.2) is 146 Å². The second-order valence-corrected chi connectivity index (χ2v) is 24.9. The number of carbonyl (C=O) groups is 5. The molecule has 2 N–H and O–H groups in total. The van der Waals surface area contributed by atoms with Gasteiger partial charge in [-0.25, -0.2) is 9.18 Å². The number of nitrogens with zero attached hydrogens (tertiary/aromatic N) is 6. The van der Waals surface area contributed by atoms with Crippen molar-refractivity contribution >= 4 is 41.1 Å². The summed E-state index contributed by atoms with van der Waals surface area (Å²) < 4.78 is 116. The smallest absolute Gasteiger partial charge is 0.416 e. The Morgan fingerprint density at radius 3 is 1.99 bits per heavy atom. The number of hydrogen-bond donors (Lipinski definition) is 2. The third-order valence-electron chi connectivity index (χ3n) is 18.8. The summed E-state index contributed by atoms with van der Waals surface area (Å²) in [7, 11) is 5.22. The Labute approximate surface area is 542 Å². The summed E-state index contributed by atoms with van der Waals surface area (Å²) >= 11 is 0. The molecule has 0 unspecified atom stereocenters. The van der Waals surface area contributed by atoms with Crippen LogP contribution in [0.5, 0.6) is 0 Å². The number of halogens is 7. The van der Waals surface area contributed by atoms with E-state index >= 15 is 0 Å². The van der Waals surface area contributed by atoms with Gasteiger partial charge in [-0.1, -0.05) is 84.9 Å². The maximum absolute atomic E-state index is 14.2. The number of nitrogens with one attached hydrogen (secondary N) is 2. The summed E-state index contributed by atoms with van der Waals surface area (Å²) in [6.07, 6.45) is -6.90. The molecule has 3 heterocycles. The number of alkyl halides is 6. The minimum Gasteiger partial charge on any atom is -0.446 e. The van der Waals surface area contributed by atoms with E-state index in [1.807, 2.05) is 66.7 Å². The fourth-order valence-electron chi connectivity index (χ4n) is 13.2. The van der Waals surface area contributed by atoms with Crippen LogP contribution in [-0.4, -0.2) is 178 Å². The van der Waals surface area contributed by atoms with Crippen molar-refractivity contribution < 1.29 is 68.9 Å². The van der Waals surface area contributed by atoms with E-state index in [9.17, 15) is 54.7 Å². The van der Waals surface area contributed by atoms with E-state index in [1.54, 1.807) is 60.1 Å². The van der Waals surface area contributed by atoms with E-state index < -0.39 is 64.6 Å². The van der Waals surface area contributed by atoms with Crippen molar-refractivity contribution in [1.29, 1.82) is 0 Å². The van der Waals surface area contributed by atoms with Gasteiger partial charge in [0, 0.05) is 108 Å². The van der Waals surface area contributed by atoms with E-state index in [4.69, 9.17) is 14.2 Å². The first-order valence-corrected chi connectivity index (χ1v) is 31.8. The molecule has 5 amide bonds. The van der Waals surface area contributed by atoms with Crippen LogP contribution in [0.2, 0.25) is 0 Å². The molecular weight excluding hydrogens is 1230 g/mol. The van der Waals surface area contributed by atoms with E-state index in [-0.39, 0.29) is 62.0 Å². The first-order chi connectivity index (χ1) is 45.0. The molecule has 0 bridgehead atoms. The molecule has 94 heavy (non-hydrogen) atoms. The summed E-state index contributed by atoms with van der Waals surface area (Å²) in [5.41, 5.74) is 0.955. The zero-order valence-corrected chi connectivity index (χ0v) is 53.0. The summed E-state index contributed by atoms with van der Waals surface area (Å²) in [4.78, 5) is 77.3. The van der Waals surface area contributed by atoms with E-state index in [0.717, 1.165) is 45.9 Å². The lowest BCUT2D eigenvalue weighted by Gasteiger charge is -2.44. The number of ether oxygens (including phenoxy) is 3. The van der Waals surface area contributed by atoms with Crippen LogP contribution in [0.3, 0.4) is 0 Å². The zero-order chi connectivity index (χ0) is 66.8. The summed E-state index contributed by atoms with van der Waals surface area (Å²) in [6.45, 7) is 4.76. The molecule has 10 rings (SSSR count). The van der Waals surface area contributed by atoms with Crippen molar-refractivity contribution in [1.82, 2.24) is 29.4 Å². The molecule has 0 saturated carbocycles. The second-order valence-electron chi connectivity index (χ2n) is 24.9. The van der Waals surface area contributed by atoms with Crippen molar-refractivity contribution in [2.24, 2.45) is 0 Å².